The van der Waals surface area contributed by atoms with Gasteiger partial charge in [-0.15, -0.1) is 0 Å². The molecule has 5 heteroatoms. The Labute approximate surface area is 198 Å². The molecule has 0 spiro atoms. The van der Waals surface area contributed by atoms with Gasteiger partial charge in [-0.2, -0.15) is 8.78 Å². The van der Waals surface area contributed by atoms with E-state index in [0.29, 0.717) is 23.9 Å². The zero-order valence-corrected chi connectivity index (χ0v) is 20.8. The van der Waals surface area contributed by atoms with Crippen LogP contribution in [0.5, 0.6) is 11.5 Å². The number of unbranched alkanes of at least 4 members (excludes halogenated alkanes) is 1. The largest absolute Gasteiger partial charge is 0.490 e. The maximum Gasteiger partial charge on any atom is 0.314 e. The molecule has 186 valence electrons. The summed E-state index contributed by atoms with van der Waals surface area (Å²) in [7, 11) is 0. The van der Waals surface area contributed by atoms with E-state index in [1.807, 2.05) is 6.92 Å². The molecule has 0 bridgehead atoms. The molecule has 2 aliphatic carbocycles. The SMILES string of the molecule is CCCCOc1ccc(OC(=O)[C@H]2CC[C@H](C3(C(C)CCC)CCCCC3)CC2)c(F)c1F. The van der Waals surface area contributed by atoms with E-state index in [1.54, 1.807) is 0 Å². The van der Waals surface area contributed by atoms with E-state index in [2.05, 4.69) is 13.8 Å². The summed E-state index contributed by atoms with van der Waals surface area (Å²) in [6.45, 7) is 7.03. The van der Waals surface area contributed by atoms with Gasteiger partial charge in [-0.25, -0.2) is 0 Å². The predicted octanol–water partition coefficient (Wildman–Crippen LogP) is 8.24. The van der Waals surface area contributed by atoms with Gasteiger partial charge in [0.2, 0.25) is 11.6 Å². The van der Waals surface area contributed by atoms with Crippen molar-refractivity contribution in [3.63, 3.8) is 0 Å². The Morgan fingerprint density at radius 1 is 1.00 bits per heavy atom. The van der Waals surface area contributed by atoms with Gasteiger partial charge in [0.05, 0.1) is 12.5 Å². The van der Waals surface area contributed by atoms with E-state index in [0.717, 1.165) is 38.5 Å². The molecule has 0 N–H and O–H groups in total. The lowest BCUT2D eigenvalue weighted by molar-refractivity contribution is -0.141. The van der Waals surface area contributed by atoms with Crippen LogP contribution in [-0.4, -0.2) is 12.6 Å². The lowest BCUT2D eigenvalue weighted by atomic mass is 9.55. The first-order chi connectivity index (χ1) is 15.9. The second-order valence-electron chi connectivity index (χ2n) is 10.3. The molecule has 1 atom stereocenters. The quantitative estimate of drug-likeness (QED) is 0.199. The molecule has 2 aliphatic rings. The van der Waals surface area contributed by atoms with Gasteiger partial charge in [0.1, 0.15) is 0 Å². The number of esters is 1. The van der Waals surface area contributed by atoms with Crippen LogP contribution in [0.25, 0.3) is 0 Å². The highest BCUT2D eigenvalue weighted by atomic mass is 19.2. The van der Waals surface area contributed by atoms with Crippen LogP contribution in [0.1, 0.15) is 104 Å². The Morgan fingerprint density at radius 3 is 2.27 bits per heavy atom. The van der Waals surface area contributed by atoms with Gasteiger partial charge < -0.3 is 9.47 Å². The number of hydrogen-bond acceptors (Lipinski definition) is 3. The Hall–Kier alpha value is -1.65. The Kier molecular flexibility index (Phi) is 9.57. The van der Waals surface area contributed by atoms with E-state index in [4.69, 9.17) is 9.47 Å². The van der Waals surface area contributed by atoms with Gasteiger partial charge in [-0.05, 0) is 74.3 Å². The summed E-state index contributed by atoms with van der Waals surface area (Å²) in [5.41, 5.74) is 0.409. The monoisotopic (exact) mass is 464 g/mol. The minimum absolute atomic E-state index is 0.139. The molecule has 1 aromatic rings. The van der Waals surface area contributed by atoms with Gasteiger partial charge in [-0.3, -0.25) is 4.79 Å². The second-order valence-corrected chi connectivity index (χ2v) is 10.3. The summed E-state index contributed by atoms with van der Waals surface area (Å²) in [4.78, 5) is 12.8. The fourth-order valence-electron chi connectivity index (χ4n) is 6.36. The maximum absolute atomic E-state index is 14.5. The van der Waals surface area contributed by atoms with Crippen molar-refractivity contribution in [1.29, 1.82) is 0 Å². The molecule has 0 aromatic heterocycles. The van der Waals surface area contributed by atoms with Crippen molar-refractivity contribution in [3.8, 4) is 11.5 Å². The van der Waals surface area contributed by atoms with Gasteiger partial charge in [0, 0.05) is 0 Å². The van der Waals surface area contributed by atoms with Gasteiger partial charge in [0.15, 0.2) is 11.5 Å². The average Bonchev–Trinajstić information content (AvgIpc) is 2.84. The van der Waals surface area contributed by atoms with Crippen LogP contribution in [0.3, 0.4) is 0 Å². The summed E-state index contributed by atoms with van der Waals surface area (Å²) in [6.07, 6.45) is 14.3. The van der Waals surface area contributed by atoms with Crippen molar-refractivity contribution in [2.45, 2.75) is 104 Å². The van der Waals surface area contributed by atoms with Crippen LogP contribution in [0.2, 0.25) is 0 Å². The van der Waals surface area contributed by atoms with Crippen molar-refractivity contribution in [2.75, 3.05) is 6.61 Å². The first-order valence-corrected chi connectivity index (χ1v) is 13.2. The van der Waals surface area contributed by atoms with Crippen molar-refractivity contribution in [1.82, 2.24) is 0 Å². The van der Waals surface area contributed by atoms with Gasteiger partial charge in [-0.1, -0.05) is 59.3 Å². The summed E-state index contributed by atoms with van der Waals surface area (Å²) in [5, 5.41) is 0. The summed E-state index contributed by atoms with van der Waals surface area (Å²) in [6, 6.07) is 2.64. The Morgan fingerprint density at radius 2 is 1.64 bits per heavy atom. The zero-order chi connectivity index (χ0) is 23.8. The molecule has 1 unspecified atom stereocenters. The van der Waals surface area contributed by atoms with Gasteiger partial charge in [0.25, 0.3) is 0 Å². The molecule has 2 fully saturated rings. The molecule has 33 heavy (non-hydrogen) atoms. The molecule has 0 amide bonds. The molecule has 2 saturated carbocycles. The summed E-state index contributed by atoms with van der Waals surface area (Å²) in [5.74, 6) is -2.05. The average molecular weight is 465 g/mol. The third-order valence-electron chi connectivity index (χ3n) is 8.34. The number of hydrogen-bond donors (Lipinski definition) is 0. The Balaban J connectivity index is 1.59. The molecule has 0 heterocycles. The third-order valence-corrected chi connectivity index (χ3v) is 8.34. The van der Waals surface area contributed by atoms with E-state index in [-0.39, 0.29) is 17.4 Å². The van der Waals surface area contributed by atoms with Crippen LogP contribution in [-0.2, 0) is 4.79 Å². The van der Waals surface area contributed by atoms with Crippen LogP contribution < -0.4 is 9.47 Å². The molecular weight excluding hydrogens is 422 g/mol. The lowest BCUT2D eigenvalue weighted by Gasteiger charge is -2.50. The molecular formula is C28H42F2O3. The molecule has 3 rings (SSSR count). The van der Waals surface area contributed by atoms with Crippen LogP contribution >= 0.6 is 0 Å². The number of carbonyl (C=O) groups excluding carboxylic acids is 1. The minimum atomic E-state index is -1.15. The first-order valence-electron chi connectivity index (χ1n) is 13.2. The summed E-state index contributed by atoms with van der Waals surface area (Å²) < 4.78 is 39.4. The number of ether oxygens (including phenoxy) is 2. The van der Waals surface area contributed by atoms with Crippen LogP contribution in [0.4, 0.5) is 8.78 Å². The van der Waals surface area contributed by atoms with Crippen molar-refractivity contribution < 1.29 is 23.0 Å². The van der Waals surface area contributed by atoms with Crippen LogP contribution in [0.15, 0.2) is 12.1 Å². The molecule has 3 nitrogen and oxygen atoms in total. The molecule has 0 aliphatic heterocycles. The van der Waals surface area contributed by atoms with Crippen LogP contribution in [0, 0.1) is 34.8 Å². The smallest absolute Gasteiger partial charge is 0.314 e. The first kappa shape index (κ1) is 26.0. The van der Waals surface area contributed by atoms with E-state index in [1.165, 1.54) is 57.1 Å². The van der Waals surface area contributed by atoms with E-state index in [9.17, 15) is 13.6 Å². The lowest BCUT2D eigenvalue weighted by Crippen LogP contribution is -2.41. The molecule has 0 saturated heterocycles. The van der Waals surface area contributed by atoms with Crippen molar-refractivity contribution in [3.05, 3.63) is 23.8 Å². The summed E-state index contributed by atoms with van der Waals surface area (Å²) >= 11 is 0. The molecule has 1 aromatic carbocycles. The number of rotatable bonds is 10. The molecule has 0 radical (unpaired) electrons. The number of carbonyl (C=O) groups is 1. The van der Waals surface area contributed by atoms with Crippen molar-refractivity contribution >= 4 is 5.97 Å². The van der Waals surface area contributed by atoms with Gasteiger partial charge >= 0.3 is 5.97 Å². The maximum atomic E-state index is 14.5. The predicted molar refractivity (Wildman–Crippen MR) is 127 cm³/mol. The number of benzene rings is 1. The normalized spacial score (nSPS) is 23.7. The highest BCUT2D eigenvalue weighted by Crippen LogP contribution is 2.54. The fraction of sp³-hybridized carbons (Fsp3) is 0.750. The second kappa shape index (κ2) is 12.2. The minimum Gasteiger partial charge on any atom is -0.490 e. The number of halogens is 2. The Bertz CT molecular complexity index is 765. The van der Waals surface area contributed by atoms with E-state index >= 15 is 0 Å². The standard InChI is InChI=1S/C28H42F2O3/c1-4-6-19-32-23-15-16-24(26(30)25(23)29)33-27(31)21-11-13-22(14-12-21)28(20(3)10-5-2)17-8-7-9-18-28/h15-16,20-22H,4-14,17-19H2,1-3H3/t20?,21-,22-. The fourth-order valence-corrected chi connectivity index (χ4v) is 6.36. The highest BCUT2D eigenvalue weighted by Gasteiger charge is 2.45. The van der Waals surface area contributed by atoms with E-state index < -0.39 is 17.6 Å². The topological polar surface area (TPSA) is 35.5 Å². The zero-order valence-electron chi connectivity index (χ0n) is 20.8. The highest BCUT2D eigenvalue weighted by molar-refractivity contribution is 5.75. The third kappa shape index (κ3) is 6.08. The van der Waals surface area contributed by atoms with Crippen molar-refractivity contribution in [2.24, 2.45) is 23.2 Å².